The van der Waals surface area contributed by atoms with Crippen molar-refractivity contribution in [3.63, 3.8) is 0 Å². The van der Waals surface area contributed by atoms with E-state index in [1.807, 2.05) is 0 Å². The van der Waals surface area contributed by atoms with Crippen LogP contribution in [0.3, 0.4) is 0 Å². The average molecular weight is 190 g/mol. The van der Waals surface area contributed by atoms with Crippen molar-refractivity contribution in [2.45, 2.75) is 0 Å². The zero-order valence-corrected chi connectivity index (χ0v) is 8.27. The molecule has 0 fully saturated rings. The van der Waals surface area contributed by atoms with Crippen molar-refractivity contribution in [2.75, 3.05) is 0 Å². The first-order chi connectivity index (χ1) is 6.95. The van der Waals surface area contributed by atoms with Gasteiger partial charge in [0.25, 0.3) is 0 Å². The lowest BCUT2D eigenvalue weighted by Gasteiger charge is -2.02. The van der Waals surface area contributed by atoms with Gasteiger partial charge in [0.1, 0.15) is 0 Å². The Balaban J connectivity index is 0.000000853. The van der Waals surface area contributed by atoms with E-state index in [9.17, 15) is 0 Å². The summed E-state index contributed by atoms with van der Waals surface area (Å²) in [6, 6.07) is 21.4. The molecule has 0 nitrogen and oxygen atoms in total. The summed E-state index contributed by atoms with van der Waals surface area (Å²) in [4.78, 5) is 0. The minimum Gasteiger partial charge on any atom is -0.0616 e. The topological polar surface area (TPSA) is 0 Å². The Kier molecular flexibility index (Phi) is 2.42. The molecule has 0 aromatic heterocycles. The second kappa shape index (κ2) is 3.74. The third-order valence-electron chi connectivity index (χ3n) is 2.65. The molecule has 3 aromatic carbocycles. The standard InChI is InChI=1S/C14H10.C/c1-3-7-13-11(5-1)9-10-12-6-2-4-8-14(12)13;/h1-10H;. The zero-order valence-electron chi connectivity index (χ0n) is 8.27. The number of rotatable bonds is 0. The summed E-state index contributed by atoms with van der Waals surface area (Å²) in [7, 11) is 0. The lowest BCUT2D eigenvalue weighted by Crippen LogP contribution is -1.75. The maximum atomic E-state index is 2.18. The van der Waals surface area contributed by atoms with Gasteiger partial charge >= 0.3 is 0 Å². The van der Waals surface area contributed by atoms with Gasteiger partial charge in [-0.2, -0.15) is 0 Å². The lowest BCUT2D eigenvalue weighted by molar-refractivity contribution is 1.76. The molecule has 15 heavy (non-hydrogen) atoms. The molecule has 0 bridgehead atoms. The predicted molar refractivity (Wildman–Crippen MR) is 64.7 cm³/mol. The molecule has 0 unspecified atom stereocenters. The van der Waals surface area contributed by atoms with Crippen LogP contribution in [0, 0.1) is 7.43 Å². The quantitative estimate of drug-likeness (QED) is 0.469. The van der Waals surface area contributed by atoms with Gasteiger partial charge in [-0.25, -0.2) is 0 Å². The molecule has 0 atom stereocenters. The fourth-order valence-electron chi connectivity index (χ4n) is 1.95. The molecule has 0 saturated heterocycles. The molecule has 0 heterocycles. The lowest BCUT2D eigenvalue weighted by atomic mass is 10.0. The van der Waals surface area contributed by atoms with Crippen LogP contribution in [-0.2, 0) is 0 Å². The van der Waals surface area contributed by atoms with Gasteiger partial charge in [0.2, 0.25) is 0 Å². The second-order valence-electron chi connectivity index (χ2n) is 3.51. The minimum absolute atomic E-state index is 0. The highest BCUT2D eigenvalue weighted by Crippen LogP contribution is 2.24. The smallest absolute Gasteiger partial charge is 0 e. The van der Waals surface area contributed by atoms with Crippen molar-refractivity contribution < 1.29 is 0 Å². The van der Waals surface area contributed by atoms with Gasteiger partial charge in [-0.05, 0) is 21.5 Å². The van der Waals surface area contributed by atoms with E-state index in [1.165, 1.54) is 21.5 Å². The van der Waals surface area contributed by atoms with Crippen molar-refractivity contribution in [2.24, 2.45) is 0 Å². The number of benzene rings is 3. The van der Waals surface area contributed by atoms with Crippen molar-refractivity contribution in [3.8, 4) is 0 Å². The van der Waals surface area contributed by atoms with Crippen LogP contribution in [0.4, 0.5) is 0 Å². The summed E-state index contributed by atoms with van der Waals surface area (Å²) < 4.78 is 0. The van der Waals surface area contributed by atoms with Crippen LogP contribution in [0.1, 0.15) is 0 Å². The third-order valence-corrected chi connectivity index (χ3v) is 2.65. The average Bonchev–Trinajstić information content (AvgIpc) is 2.29. The molecule has 70 valence electrons. The van der Waals surface area contributed by atoms with Gasteiger partial charge in [0.05, 0.1) is 0 Å². The van der Waals surface area contributed by atoms with E-state index in [2.05, 4.69) is 60.7 Å². The molecule has 4 radical (unpaired) electrons. The maximum absolute atomic E-state index is 2.18. The van der Waals surface area contributed by atoms with E-state index >= 15 is 0 Å². The summed E-state index contributed by atoms with van der Waals surface area (Å²) in [5.74, 6) is 0. The molecule has 0 spiro atoms. The van der Waals surface area contributed by atoms with Crippen LogP contribution in [0.2, 0.25) is 0 Å². The highest BCUT2D eigenvalue weighted by molar-refractivity contribution is 6.07. The second-order valence-corrected chi connectivity index (χ2v) is 3.51. The zero-order chi connectivity index (χ0) is 9.38. The predicted octanol–water partition coefficient (Wildman–Crippen LogP) is 4.07. The Morgan fingerprint density at radius 1 is 0.467 bits per heavy atom. The van der Waals surface area contributed by atoms with Gasteiger partial charge in [-0.3, -0.25) is 0 Å². The molecule has 0 N–H and O–H groups in total. The Labute approximate surface area is 90.2 Å². The van der Waals surface area contributed by atoms with Crippen LogP contribution in [0.15, 0.2) is 60.7 Å². The van der Waals surface area contributed by atoms with Gasteiger partial charge in [-0.1, -0.05) is 60.7 Å². The summed E-state index contributed by atoms with van der Waals surface area (Å²) >= 11 is 0. The number of fused-ring (bicyclic) bond motifs is 3. The number of hydrogen-bond donors (Lipinski definition) is 0. The highest BCUT2D eigenvalue weighted by Gasteiger charge is 1.97. The number of hydrogen-bond acceptors (Lipinski definition) is 0. The highest BCUT2D eigenvalue weighted by atomic mass is 14.0. The van der Waals surface area contributed by atoms with Crippen LogP contribution < -0.4 is 0 Å². The van der Waals surface area contributed by atoms with Crippen molar-refractivity contribution >= 4 is 21.5 Å². The van der Waals surface area contributed by atoms with Crippen molar-refractivity contribution in [1.29, 1.82) is 0 Å². The summed E-state index contributed by atoms with van der Waals surface area (Å²) in [5.41, 5.74) is 0. The molecule has 3 rings (SSSR count). The Hall–Kier alpha value is -1.82. The van der Waals surface area contributed by atoms with Gasteiger partial charge in [0.15, 0.2) is 0 Å². The minimum atomic E-state index is 0. The maximum Gasteiger partial charge on any atom is 0 e. The van der Waals surface area contributed by atoms with E-state index in [0.29, 0.717) is 0 Å². The normalized spacial score (nSPS) is 10.1. The van der Waals surface area contributed by atoms with Crippen LogP contribution in [0.5, 0.6) is 0 Å². The summed E-state index contributed by atoms with van der Waals surface area (Å²) in [5, 5.41) is 5.30. The van der Waals surface area contributed by atoms with E-state index in [4.69, 9.17) is 0 Å². The largest absolute Gasteiger partial charge is 0.0616 e. The van der Waals surface area contributed by atoms with Gasteiger partial charge in [0, 0.05) is 7.43 Å². The third kappa shape index (κ3) is 1.48. The van der Waals surface area contributed by atoms with E-state index in [-0.39, 0.29) is 7.43 Å². The van der Waals surface area contributed by atoms with Crippen molar-refractivity contribution in [3.05, 3.63) is 68.1 Å². The van der Waals surface area contributed by atoms with Crippen LogP contribution in [-0.4, -0.2) is 0 Å². The monoisotopic (exact) mass is 190 g/mol. The van der Waals surface area contributed by atoms with Gasteiger partial charge < -0.3 is 0 Å². The molecule has 0 aliphatic carbocycles. The molecule has 0 aliphatic rings. The summed E-state index contributed by atoms with van der Waals surface area (Å²) in [6.45, 7) is 0. The molecular formula is C15H10. The first kappa shape index (κ1) is 9.72. The fraction of sp³-hybridized carbons (Fsp3) is 0. The van der Waals surface area contributed by atoms with E-state index in [0.717, 1.165) is 0 Å². The molecular weight excluding hydrogens is 180 g/mol. The Bertz CT molecular complexity index is 539. The first-order valence-electron chi connectivity index (χ1n) is 4.82. The van der Waals surface area contributed by atoms with Crippen molar-refractivity contribution in [1.82, 2.24) is 0 Å². The fourth-order valence-corrected chi connectivity index (χ4v) is 1.95. The van der Waals surface area contributed by atoms with Crippen LogP contribution in [0.25, 0.3) is 21.5 Å². The van der Waals surface area contributed by atoms with Crippen LogP contribution >= 0.6 is 0 Å². The van der Waals surface area contributed by atoms with Gasteiger partial charge in [-0.15, -0.1) is 0 Å². The Morgan fingerprint density at radius 2 is 0.867 bits per heavy atom. The van der Waals surface area contributed by atoms with E-state index < -0.39 is 0 Å². The first-order valence-corrected chi connectivity index (χ1v) is 4.82. The molecule has 0 aliphatic heterocycles. The molecule has 0 amide bonds. The Morgan fingerprint density at radius 3 is 1.33 bits per heavy atom. The molecule has 3 aromatic rings. The van der Waals surface area contributed by atoms with E-state index in [1.54, 1.807) is 0 Å². The molecule has 0 saturated carbocycles. The SMILES string of the molecule is [C].c1ccc2c(c1)ccc1ccccc12. The summed E-state index contributed by atoms with van der Waals surface area (Å²) in [6.07, 6.45) is 0. The molecule has 0 heteroatoms.